The van der Waals surface area contributed by atoms with Crippen molar-refractivity contribution in [3.8, 4) is 0 Å². The van der Waals surface area contributed by atoms with Crippen LogP contribution in [0, 0.1) is 5.92 Å². The Morgan fingerprint density at radius 3 is 2.14 bits per heavy atom. The maximum atomic E-state index is 12.0. The standard InChI is InChI=1S/C19H21NO/c1-15(21)20(14-17-10-6-3-7-11-17)19-13-18(19)12-16-8-4-2-5-9-16/h2-11,18-19H,12-14H2,1H3/t18-,19-/m0/s1. The van der Waals surface area contributed by atoms with E-state index in [2.05, 4.69) is 36.4 Å². The number of hydrogen-bond acceptors (Lipinski definition) is 1. The number of carbonyl (C=O) groups excluding carboxylic acids is 1. The third-order valence-electron chi connectivity index (χ3n) is 4.23. The van der Waals surface area contributed by atoms with E-state index in [1.807, 2.05) is 29.2 Å². The summed E-state index contributed by atoms with van der Waals surface area (Å²) in [5, 5.41) is 0. The van der Waals surface area contributed by atoms with Gasteiger partial charge in [-0.15, -0.1) is 0 Å². The van der Waals surface area contributed by atoms with Gasteiger partial charge in [0.2, 0.25) is 5.91 Å². The lowest BCUT2D eigenvalue weighted by Gasteiger charge is -2.21. The molecule has 2 nitrogen and oxygen atoms in total. The molecule has 2 aromatic rings. The molecule has 0 saturated heterocycles. The number of hydrogen-bond donors (Lipinski definition) is 0. The van der Waals surface area contributed by atoms with Gasteiger partial charge in [0.05, 0.1) is 0 Å². The van der Waals surface area contributed by atoms with Crippen LogP contribution in [0.4, 0.5) is 0 Å². The summed E-state index contributed by atoms with van der Waals surface area (Å²) in [5.74, 6) is 0.791. The summed E-state index contributed by atoms with van der Waals surface area (Å²) < 4.78 is 0. The van der Waals surface area contributed by atoms with E-state index in [9.17, 15) is 4.79 Å². The normalized spacial score (nSPS) is 20.0. The van der Waals surface area contributed by atoms with Crippen LogP contribution >= 0.6 is 0 Å². The molecule has 0 bridgehead atoms. The summed E-state index contributed by atoms with van der Waals surface area (Å²) in [6.45, 7) is 2.41. The Kier molecular flexibility index (Phi) is 4.05. The fourth-order valence-electron chi connectivity index (χ4n) is 2.99. The Labute approximate surface area is 126 Å². The molecular formula is C19H21NO. The number of rotatable bonds is 5. The van der Waals surface area contributed by atoms with Crippen molar-refractivity contribution in [2.24, 2.45) is 5.92 Å². The molecule has 0 N–H and O–H groups in total. The second kappa shape index (κ2) is 6.13. The topological polar surface area (TPSA) is 20.3 Å². The highest BCUT2D eigenvalue weighted by molar-refractivity contribution is 5.74. The Bertz CT molecular complexity index is 593. The van der Waals surface area contributed by atoms with Crippen molar-refractivity contribution >= 4 is 5.91 Å². The first-order valence-electron chi connectivity index (χ1n) is 7.59. The third-order valence-corrected chi connectivity index (χ3v) is 4.23. The van der Waals surface area contributed by atoms with Crippen LogP contribution in [0.5, 0.6) is 0 Å². The van der Waals surface area contributed by atoms with Gasteiger partial charge in [-0.1, -0.05) is 60.7 Å². The van der Waals surface area contributed by atoms with E-state index >= 15 is 0 Å². The van der Waals surface area contributed by atoms with Crippen molar-refractivity contribution in [1.82, 2.24) is 4.90 Å². The van der Waals surface area contributed by atoms with Gasteiger partial charge in [-0.2, -0.15) is 0 Å². The molecule has 0 unspecified atom stereocenters. The smallest absolute Gasteiger partial charge is 0.220 e. The van der Waals surface area contributed by atoms with Crippen LogP contribution in [0.1, 0.15) is 24.5 Å². The first-order chi connectivity index (χ1) is 10.2. The second-order valence-corrected chi connectivity index (χ2v) is 5.89. The molecular weight excluding hydrogens is 258 g/mol. The molecule has 0 aliphatic heterocycles. The summed E-state index contributed by atoms with van der Waals surface area (Å²) in [4.78, 5) is 14.0. The molecule has 3 rings (SSSR count). The van der Waals surface area contributed by atoms with E-state index < -0.39 is 0 Å². The van der Waals surface area contributed by atoms with Crippen molar-refractivity contribution in [3.05, 3.63) is 71.8 Å². The molecule has 0 heterocycles. The molecule has 0 radical (unpaired) electrons. The van der Waals surface area contributed by atoms with Gasteiger partial charge in [0.15, 0.2) is 0 Å². The minimum Gasteiger partial charge on any atom is -0.335 e. The van der Waals surface area contributed by atoms with Crippen LogP contribution < -0.4 is 0 Å². The predicted molar refractivity (Wildman–Crippen MR) is 84.7 cm³/mol. The summed E-state index contributed by atoms with van der Waals surface area (Å²) in [5.41, 5.74) is 2.58. The Balaban J connectivity index is 1.63. The minimum absolute atomic E-state index is 0.180. The van der Waals surface area contributed by atoms with Crippen LogP contribution in [-0.4, -0.2) is 16.8 Å². The summed E-state index contributed by atoms with van der Waals surface area (Å²) >= 11 is 0. The van der Waals surface area contributed by atoms with Gasteiger partial charge in [-0.05, 0) is 29.9 Å². The van der Waals surface area contributed by atoms with Gasteiger partial charge in [0.25, 0.3) is 0 Å². The van der Waals surface area contributed by atoms with Gasteiger partial charge >= 0.3 is 0 Å². The Morgan fingerprint density at radius 1 is 1.00 bits per heavy atom. The largest absolute Gasteiger partial charge is 0.335 e. The Morgan fingerprint density at radius 2 is 1.57 bits per heavy atom. The van der Waals surface area contributed by atoms with E-state index in [0.717, 1.165) is 19.4 Å². The highest BCUT2D eigenvalue weighted by Crippen LogP contribution is 2.39. The zero-order valence-electron chi connectivity index (χ0n) is 12.4. The molecule has 2 heteroatoms. The molecule has 1 amide bonds. The Hall–Kier alpha value is -2.09. The molecule has 1 aliphatic carbocycles. The molecule has 21 heavy (non-hydrogen) atoms. The lowest BCUT2D eigenvalue weighted by atomic mass is 10.1. The van der Waals surface area contributed by atoms with Gasteiger partial charge in [-0.3, -0.25) is 4.79 Å². The summed E-state index contributed by atoms with van der Waals surface area (Å²) in [6, 6.07) is 21.2. The first kappa shape index (κ1) is 13.9. The van der Waals surface area contributed by atoms with Gasteiger partial charge in [0.1, 0.15) is 0 Å². The van der Waals surface area contributed by atoms with Crippen LogP contribution in [0.15, 0.2) is 60.7 Å². The van der Waals surface area contributed by atoms with Gasteiger partial charge in [-0.25, -0.2) is 0 Å². The molecule has 1 fully saturated rings. The van der Waals surface area contributed by atoms with E-state index in [-0.39, 0.29) is 5.91 Å². The van der Waals surface area contributed by atoms with E-state index in [1.54, 1.807) is 6.92 Å². The van der Waals surface area contributed by atoms with Crippen LogP contribution in [-0.2, 0) is 17.8 Å². The second-order valence-electron chi connectivity index (χ2n) is 5.89. The van der Waals surface area contributed by atoms with Crippen LogP contribution in [0.3, 0.4) is 0 Å². The quantitative estimate of drug-likeness (QED) is 0.818. The van der Waals surface area contributed by atoms with E-state index in [1.165, 1.54) is 11.1 Å². The highest BCUT2D eigenvalue weighted by Gasteiger charge is 2.42. The average molecular weight is 279 g/mol. The summed E-state index contributed by atoms with van der Waals surface area (Å²) in [6.07, 6.45) is 2.20. The molecule has 1 saturated carbocycles. The van der Waals surface area contributed by atoms with Crippen molar-refractivity contribution in [3.63, 3.8) is 0 Å². The predicted octanol–water partition coefficient (Wildman–Crippen LogP) is 3.67. The zero-order valence-corrected chi connectivity index (χ0v) is 12.4. The zero-order chi connectivity index (χ0) is 14.7. The van der Waals surface area contributed by atoms with Gasteiger partial charge in [0, 0.05) is 19.5 Å². The van der Waals surface area contributed by atoms with E-state index in [4.69, 9.17) is 0 Å². The lowest BCUT2D eigenvalue weighted by Crippen LogP contribution is -2.31. The number of amides is 1. The van der Waals surface area contributed by atoms with Crippen molar-refractivity contribution < 1.29 is 4.79 Å². The van der Waals surface area contributed by atoms with Crippen molar-refractivity contribution in [2.45, 2.75) is 32.4 Å². The van der Waals surface area contributed by atoms with E-state index in [0.29, 0.717) is 12.0 Å². The molecule has 0 spiro atoms. The number of nitrogens with zero attached hydrogens (tertiary/aromatic N) is 1. The van der Waals surface area contributed by atoms with Crippen molar-refractivity contribution in [1.29, 1.82) is 0 Å². The fourth-order valence-corrected chi connectivity index (χ4v) is 2.99. The number of benzene rings is 2. The maximum Gasteiger partial charge on any atom is 0.220 e. The molecule has 2 atom stereocenters. The van der Waals surface area contributed by atoms with Gasteiger partial charge < -0.3 is 4.90 Å². The fraction of sp³-hybridized carbons (Fsp3) is 0.316. The highest BCUT2D eigenvalue weighted by atomic mass is 16.2. The monoisotopic (exact) mass is 279 g/mol. The number of carbonyl (C=O) groups is 1. The SMILES string of the molecule is CC(=O)N(Cc1ccccc1)[C@H]1C[C@@H]1Cc1ccccc1. The van der Waals surface area contributed by atoms with Crippen molar-refractivity contribution in [2.75, 3.05) is 0 Å². The first-order valence-corrected chi connectivity index (χ1v) is 7.59. The van der Waals surface area contributed by atoms with Crippen LogP contribution in [0.25, 0.3) is 0 Å². The maximum absolute atomic E-state index is 12.0. The lowest BCUT2D eigenvalue weighted by molar-refractivity contribution is -0.130. The molecule has 0 aromatic heterocycles. The summed E-state index contributed by atoms with van der Waals surface area (Å²) in [7, 11) is 0. The molecule has 2 aromatic carbocycles. The average Bonchev–Trinajstić information content (AvgIpc) is 3.25. The molecule has 108 valence electrons. The third kappa shape index (κ3) is 3.52. The molecule has 1 aliphatic rings. The minimum atomic E-state index is 0.180. The van der Waals surface area contributed by atoms with Crippen LogP contribution in [0.2, 0.25) is 0 Å².